The predicted molar refractivity (Wildman–Crippen MR) is 90.0 cm³/mol. The van der Waals surface area contributed by atoms with E-state index in [1.165, 1.54) is 0 Å². The number of ether oxygens (including phenoxy) is 1. The number of amides is 2. The predicted octanol–water partition coefficient (Wildman–Crippen LogP) is 1.22. The summed E-state index contributed by atoms with van der Waals surface area (Å²) in [6.07, 6.45) is 0.0954. The van der Waals surface area contributed by atoms with E-state index in [-0.39, 0.29) is 19.3 Å². The Hall–Kier alpha value is -2.90. The summed E-state index contributed by atoms with van der Waals surface area (Å²) in [4.78, 5) is 54.5. The van der Waals surface area contributed by atoms with Crippen molar-refractivity contribution in [2.45, 2.75) is 33.1 Å². The first-order chi connectivity index (χ1) is 12.4. The van der Waals surface area contributed by atoms with E-state index in [0.717, 1.165) is 18.8 Å². The second kappa shape index (κ2) is 7.15. The Kier molecular flexibility index (Phi) is 4.92. The zero-order valence-electron chi connectivity index (χ0n) is 14.7. The Morgan fingerprint density at radius 1 is 1.19 bits per heavy atom. The molecule has 2 aliphatic heterocycles. The highest BCUT2D eigenvalue weighted by molar-refractivity contribution is 6.03. The number of esters is 1. The van der Waals surface area contributed by atoms with Gasteiger partial charge in [0.05, 0.1) is 0 Å². The molecule has 1 atom stereocenters. The molecule has 0 aromatic heterocycles. The molecule has 0 saturated carbocycles. The van der Waals surface area contributed by atoms with Crippen LogP contribution in [0.4, 0.5) is 5.69 Å². The van der Waals surface area contributed by atoms with Crippen LogP contribution in [0, 0.1) is 5.92 Å². The highest BCUT2D eigenvalue weighted by Gasteiger charge is 2.40. The van der Waals surface area contributed by atoms with E-state index in [0.29, 0.717) is 16.4 Å². The zero-order valence-corrected chi connectivity index (χ0v) is 14.7. The smallest absolute Gasteiger partial charge is 0.347 e. The molecule has 0 N–H and O–H groups in total. The highest BCUT2D eigenvalue weighted by Crippen LogP contribution is 2.33. The summed E-state index contributed by atoms with van der Waals surface area (Å²) < 4.78 is 5.31. The number of rotatable bonds is 5. The number of carbonyl (C=O) groups excluding carboxylic acids is 4. The maximum Gasteiger partial charge on any atom is 0.347 e. The molecule has 0 radical (unpaired) electrons. The van der Waals surface area contributed by atoms with Crippen molar-refractivity contribution in [3.05, 3.63) is 23.8 Å². The molecular formula is C18H20N2O6. The van der Waals surface area contributed by atoms with Gasteiger partial charge in [-0.05, 0) is 25.5 Å². The SMILES string of the molecule is CCN(CC)c1ccc2c(c1)OC(=O)C(C(=O)ON1C(=O)CCC1=O)C2. The number of fused-ring (bicyclic) bond motifs is 1. The van der Waals surface area contributed by atoms with E-state index in [9.17, 15) is 19.2 Å². The van der Waals surface area contributed by atoms with Gasteiger partial charge in [-0.2, -0.15) is 0 Å². The van der Waals surface area contributed by atoms with Crippen molar-refractivity contribution in [2.24, 2.45) is 5.92 Å². The summed E-state index contributed by atoms with van der Waals surface area (Å²) in [5, 5.41) is 0.439. The molecular weight excluding hydrogens is 340 g/mol. The van der Waals surface area contributed by atoms with Crippen molar-refractivity contribution < 1.29 is 28.8 Å². The average molecular weight is 360 g/mol. The van der Waals surface area contributed by atoms with E-state index in [2.05, 4.69) is 4.90 Å². The Morgan fingerprint density at radius 3 is 2.46 bits per heavy atom. The fraction of sp³-hybridized carbons (Fsp3) is 0.444. The average Bonchev–Trinajstić information content (AvgIpc) is 2.94. The van der Waals surface area contributed by atoms with Gasteiger partial charge in [-0.25, -0.2) is 4.79 Å². The minimum absolute atomic E-state index is 0.00179. The van der Waals surface area contributed by atoms with Gasteiger partial charge in [-0.1, -0.05) is 6.07 Å². The first kappa shape index (κ1) is 17.9. The van der Waals surface area contributed by atoms with Crippen molar-refractivity contribution >= 4 is 29.4 Å². The van der Waals surface area contributed by atoms with Gasteiger partial charge in [-0.3, -0.25) is 14.4 Å². The summed E-state index contributed by atoms with van der Waals surface area (Å²) in [7, 11) is 0. The Bertz CT molecular complexity index is 755. The summed E-state index contributed by atoms with van der Waals surface area (Å²) in [5.41, 5.74) is 1.62. The van der Waals surface area contributed by atoms with Gasteiger partial charge >= 0.3 is 11.9 Å². The van der Waals surface area contributed by atoms with Gasteiger partial charge in [0.2, 0.25) is 0 Å². The van der Waals surface area contributed by atoms with Crippen LogP contribution in [-0.2, 0) is 30.4 Å². The molecule has 1 saturated heterocycles. The van der Waals surface area contributed by atoms with Gasteiger partial charge in [0.25, 0.3) is 11.8 Å². The first-order valence-electron chi connectivity index (χ1n) is 8.61. The second-order valence-electron chi connectivity index (χ2n) is 6.13. The highest BCUT2D eigenvalue weighted by atomic mass is 16.7. The van der Waals surface area contributed by atoms with Crippen LogP contribution in [0.15, 0.2) is 18.2 Å². The largest absolute Gasteiger partial charge is 0.426 e. The number of carbonyl (C=O) groups is 4. The van der Waals surface area contributed by atoms with Crippen LogP contribution in [0.25, 0.3) is 0 Å². The fourth-order valence-electron chi connectivity index (χ4n) is 3.07. The summed E-state index contributed by atoms with van der Waals surface area (Å²) in [6, 6.07) is 5.48. The third-order valence-corrected chi connectivity index (χ3v) is 4.57. The molecule has 1 aromatic carbocycles. The number of anilines is 1. The zero-order chi connectivity index (χ0) is 18.8. The fourth-order valence-corrected chi connectivity index (χ4v) is 3.07. The molecule has 8 nitrogen and oxygen atoms in total. The Balaban J connectivity index is 1.75. The van der Waals surface area contributed by atoms with Gasteiger partial charge in [0.1, 0.15) is 5.75 Å². The van der Waals surface area contributed by atoms with Crippen molar-refractivity contribution in [3.8, 4) is 5.75 Å². The summed E-state index contributed by atoms with van der Waals surface area (Å²) in [5.74, 6) is -3.68. The maximum absolute atomic E-state index is 12.3. The Labute approximate surface area is 150 Å². The van der Waals surface area contributed by atoms with Crippen LogP contribution in [0.2, 0.25) is 0 Å². The van der Waals surface area contributed by atoms with E-state index in [1.54, 1.807) is 6.07 Å². The van der Waals surface area contributed by atoms with Gasteiger partial charge in [0.15, 0.2) is 5.92 Å². The normalized spacial score (nSPS) is 19.2. The number of hydroxylamine groups is 2. The first-order valence-corrected chi connectivity index (χ1v) is 8.61. The van der Waals surface area contributed by atoms with Crippen molar-refractivity contribution in [1.29, 1.82) is 0 Å². The molecule has 1 aromatic rings. The van der Waals surface area contributed by atoms with Crippen LogP contribution in [0.5, 0.6) is 5.75 Å². The van der Waals surface area contributed by atoms with Crippen LogP contribution in [-0.4, -0.2) is 41.9 Å². The third kappa shape index (κ3) is 3.26. The molecule has 138 valence electrons. The molecule has 2 amide bonds. The number of nitrogens with zero attached hydrogens (tertiary/aromatic N) is 2. The molecule has 26 heavy (non-hydrogen) atoms. The van der Waals surface area contributed by atoms with E-state index in [4.69, 9.17) is 9.57 Å². The van der Waals surface area contributed by atoms with Gasteiger partial charge in [0, 0.05) is 44.1 Å². The summed E-state index contributed by atoms with van der Waals surface area (Å²) in [6.45, 7) is 5.69. The maximum atomic E-state index is 12.3. The molecule has 2 aliphatic rings. The molecule has 3 rings (SSSR count). The van der Waals surface area contributed by atoms with E-state index in [1.807, 2.05) is 26.0 Å². The number of benzene rings is 1. The van der Waals surface area contributed by atoms with Crippen molar-refractivity contribution in [1.82, 2.24) is 5.06 Å². The molecule has 1 unspecified atom stereocenters. The standard InChI is InChI=1S/C18H20N2O6/c1-3-19(4-2)12-6-5-11-9-13(17(23)25-14(11)10-12)18(24)26-20-15(21)7-8-16(20)22/h5-6,10,13H,3-4,7-9H2,1-2H3. The van der Waals surface area contributed by atoms with E-state index < -0.39 is 29.7 Å². The lowest BCUT2D eigenvalue weighted by atomic mass is 9.96. The van der Waals surface area contributed by atoms with Crippen LogP contribution in [0.1, 0.15) is 32.3 Å². The molecule has 2 heterocycles. The summed E-state index contributed by atoms with van der Waals surface area (Å²) >= 11 is 0. The lowest BCUT2D eigenvalue weighted by molar-refractivity contribution is -0.202. The lowest BCUT2D eigenvalue weighted by Crippen LogP contribution is -2.40. The molecule has 8 heteroatoms. The second-order valence-corrected chi connectivity index (χ2v) is 6.13. The van der Waals surface area contributed by atoms with E-state index >= 15 is 0 Å². The molecule has 1 fully saturated rings. The number of imide groups is 1. The van der Waals surface area contributed by atoms with Crippen LogP contribution in [0.3, 0.4) is 0 Å². The molecule has 0 spiro atoms. The molecule has 0 bridgehead atoms. The van der Waals surface area contributed by atoms with Crippen LogP contribution < -0.4 is 9.64 Å². The quantitative estimate of drug-likeness (QED) is 0.337. The minimum atomic E-state index is -1.21. The topological polar surface area (TPSA) is 93.2 Å². The molecule has 0 aliphatic carbocycles. The number of hydrogen-bond acceptors (Lipinski definition) is 7. The number of hydrogen-bond donors (Lipinski definition) is 0. The monoisotopic (exact) mass is 360 g/mol. The van der Waals surface area contributed by atoms with Crippen LogP contribution >= 0.6 is 0 Å². The minimum Gasteiger partial charge on any atom is -0.426 e. The van der Waals surface area contributed by atoms with Gasteiger partial charge in [-0.15, -0.1) is 5.06 Å². The Morgan fingerprint density at radius 2 is 1.85 bits per heavy atom. The van der Waals surface area contributed by atoms with Crippen molar-refractivity contribution in [3.63, 3.8) is 0 Å². The lowest BCUT2D eigenvalue weighted by Gasteiger charge is -2.26. The van der Waals surface area contributed by atoms with Gasteiger partial charge < -0.3 is 14.5 Å². The third-order valence-electron chi connectivity index (χ3n) is 4.57. The van der Waals surface area contributed by atoms with Crippen molar-refractivity contribution in [2.75, 3.05) is 18.0 Å².